The fraction of sp³-hybridized carbons (Fsp3) is 0.769. The van der Waals surface area contributed by atoms with E-state index in [4.69, 9.17) is 0 Å². The van der Waals surface area contributed by atoms with Crippen LogP contribution >= 0.6 is 0 Å². The van der Waals surface area contributed by atoms with Crippen molar-refractivity contribution in [3.05, 3.63) is 18.0 Å². The van der Waals surface area contributed by atoms with Gasteiger partial charge in [-0.3, -0.25) is 4.68 Å². The molecule has 1 aromatic heterocycles. The zero-order valence-electron chi connectivity index (χ0n) is 10.4. The molecule has 1 aliphatic carbocycles. The third-order valence-corrected chi connectivity index (χ3v) is 3.97. The summed E-state index contributed by atoms with van der Waals surface area (Å²) in [5, 5.41) is 7.71. The summed E-state index contributed by atoms with van der Waals surface area (Å²) >= 11 is 0. The molecule has 1 saturated carbocycles. The normalized spacial score (nSPS) is 19.1. The van der Waals surface area contributed by atoms with Gasteiger partial charge in [0.15, 0.2) is 0 Å². The molecular formula is C13H23N3. The van der Waals surface area contributed by atoms with Crippen LogP contribution in [0.4, 0.5) is 0 Å². The predicted octanol–water partition coefficient (Wildman–Crippen LogP) is 2.13. The van der Waals surface area contributed by atoms with Crippen LogP contribution in [-0.4, -0.2) is 22.9 Å². The summed E-state index contributed by atoms with van der Waals surface area (Å²) in [5.41, 5.74) is 1.35. The van der Waals surface area contributed by atoms with Crippen LogP contribution in [0.1, 0.15) is 37.8 Å². The van der Waals surface area contributed by atoms with Crippen LogP contribution < -0.4 is 5.32 Å². The third kappa shape index (κ3) is 2.64. The number of hydrogen-bond donors (Lipinski definition) is 1. The molecule has 16 heavy (non-hydrogen) atoms. The van der Waals surface area contributed by atoms with Crippen LogP contribution in [0.3, 0.4) is 0 Å². The van der Waals surface area contributed by atoms with Crippen LogP contribution in [0, 0.1) is 5.92 Å². The van der Waals surface area contributed by atoms with E-state index < -0.39 is 0 Å². The molecule has 1 aliphatic rings. The van der Waals surface area contributed by atoms with Crippen molar-refractivity contribution in [2.75, 3.05) is 7.05 Å². The first-order valence-corrected chi connectivity index (χ1v) is 6.45. The van der Waals surface area contributed by atoms with E-state index in [0.717, 1.165) is 12.3 Å². The summed E-state index contributed by atoms with van der Waals surface area (Å²) in [5.74, 6) is 0.901. The van der Waals surface area contributed by atoms with E-state index in [2.05, 4.69) is 23.5 Å². The Hall–Kier alpha value is -0.830. The summed E-state index contributed by atoms with van der Waals surface area (Å²) in [6, 6.07) is 2.82. The third-order valence-electron chi connectivity index (χ3n) is 3.97. The molecule has 1 unspecified atom stereocenters. The van der Waals surface area contributed by atoms with Gasteiger partial charge in [-0.2, -0.15) is 5.10 Å². The van der Waals surface area contributed by atoms with Crippen molar-refractivity contribution in [3.63, 3.8) is 0 Å². The van der Waals surface area contributed by atoms with Crippen LogP contribution in [0.5, 0.6) is 0 Å². The number of aromatic nitrogens is 2. The number of nitrogens with zero attached hydrogens (tertiary/aromatic N) is 2. The van der Waals surface area contributed by atoms with Crippen molar-refractivity contribution in [2.24, 2.45) is 13.0 Å². The van der Waals surface area contributed by atoms with E-state index >= 15 is 0 Å². The molecular weight excluding hydrogens is 198 g/mol. The molecule has 1 N–H and O–H groups in total. The second kappa shape index (κ2) is 5.48. The average molecular weight is 221 g/mol. The van der Waals surface area contributed by atoms with E-state index in [1.807, 2.05) is 17.9 Å². The fourth-order valence-corrected chi connectivity index (χ4v) is 2.93. The molecule has 0 aliphatic heterocycles. The molecule has 0 aromatic carbocycles. The Bertz CT molecular complexity index is 313. The van der Waals surface area contributed by atoms with Crippen molar-refractivity contribution < 1.29 is 0 Å². The van der Waals surface area contributed by atoms with Gasteiger partial charge in [0, 0.05) is 25.0 Å². The van der Waals surface area contributed by atoms with Crippen molar-refractivity contribution in [1.29, 1.82) is 0 Å². The zero-order chi connectivity index (χ0) is 11.4. The maximum absolute atomic E-state index is 4.21. The molecule has 0 amide bonds. The van der Waals surface area contributed by atoms with Gasteiger partial charge >= 0.3 is 0 Å². The van der Waals surface area contributed by atoms with Gasteiger partial charge in [0.25, 0.3) is 0 Å². The summed E-state index contributed by atoms with van der Waals surface area (Å²) in [4.78, 5) is 0. The Balaban J connectivity index is 1.85. The van der Waals surface area contributed by atoms with Gasteiger partial charge in [0.1, 0.15) is 0 Å². The first kappa shape index (κ1) is 11.6. The van der Waals surface area contributed by atoms with Crippen molar-refractivity contribution in [2.45, 2.75) is 44.6 Å². The van der Waals surface area contributed by atoms with Gasteiger partial charge in [-0.25, -0.2) is 0 Å². The van der Waals surface area contributed by atoms with E-state index in [-0.39, 0.29) is 0 Å². The highest BCUT2D eigenvalue weighted by Gasteiger charge is 2.23. The molecule has 0 saturated heterocycles. The lowest BCUT2D eigenvalue weighted by Gasteiger charge is -2.22. The Labute approximate surface area is 98.2 Å². The molecule has 0 bridgehead atoms. The Morgan fingerprint density at radius 2 is 2.25 bits per heavy atom. The maximum Gasteiger partial charge on any atom is 0.0492 e. The lowest BCUT2D eigenvalue weighted by Crippen LogP contribution is -2.32. The highest BCUT2D eigenvalue weighted by atomic mass is 15.2. The molecule has 2 rings (SSSR count). The zero-order valence-corrected chi connectivity index (χ0v) is 10.4. The largest absolute Gasteiger partial charge is 0.317 e. The molecule has 1 fully saturated rings. The Morgan fingerprint density at radius 3 is 2.81 bits per heavy atom. The number of nitrogens with one attached hydrogen (secondary N) is 1. The standard InChI is InChI=1S/C13H23N3/c1-14-13(11-5-3-4-6-11)8-7-12-9-10-15-16(12)2/h9-11,13-14H,3-8H2,1-2H3. The monoisotopic (exact) mass is 221 g/mol. The van der Waals surface area contributed by atoms with Crippen LogP contribution in [0.25, 0.3) is 0 Å². The van der Waals surface area contributed by atoms with Gasteiger partial charge in [0.05, 0.1) is 0 Å². The lowest BCUT2D eigenvalue weighted by molar-refractivity contribution is 0.357. The van der Waals surface area contributed by atoms with Gasteiger partial charge in [-0.05, 0) is 44.7 Å². The molecule has 90 valence electrons. The average Bonchev–Trinajstić information content (AvgIpc) is 2.92. The number of rotatable bonds is 5. The summed E-state index contributed by atoms with van der Waals surface area (Å²) in [7, 11) is 4.13. The van der Waals surface area contributed by atoms with E-state index in [1.165, 1.54) is 37.8 Å². The van der Waals surface area contributed by atoms with Crippen molar-refractivity contribution >= 4 is 0 Å². The number of hydrogen-bond acceptors (Lipinski definition) is 2. The minimum Gasteiger partial charge on any atom is -0.317 e. The van der Waals surface area contributed by atoms with Crippen LogP contribution in [0.2, 0.25) is 0 Å². The first-order valence-electron chi connectivity index (χ1n) is 6.45. The van der Waals surface area contributed by atoms with E-state index in [9.17, 15) is 0 Å². The molecule has 0 spiro atoms. The van der Waals surface area contributed by atoms with Crippen molar-refractivity contribution in [1.82, 2.24) is 15.1 Å². The SMILES string of the molecule is CNC(CCc1ccnn1C)C1CCCC1. The van der Waals surface area contributed by atoms with E-state index in [1.54, 1.807) is 0 Å². The van der Waals surface area contributed by atoms with Crippen molar-refractivity contribution in [3.8, 4) is 0 Å². The maximum atomic E-state index is 4.21. The van der Waals surface area contributed by atoms with Gasteiger partial charge < -0.3 is 5.32 Å². The molecule has 1 aromatic rings. The highest BCUT2D eigenvalue weighted by Crippen LogP contribution is 2.29. The number of aryl methyl sites for hydroxylation is 2. The second-order valence-corrected chi connectivity index (χ2v) is 4.92. The smallest absolute Gasteiger partial charge is 0.0492 e. The minimum absolute atomic E-state index is 0.692. The van der Waals surface area contributed by atoms with Crippen LogP contribution in [-0.2, 0) is 13.5 Å². The van der Waals surface area contributed by atoms with Crippen LogP contribution in [0.15, 0.2) is 12.3 Å². The Kier molecular flexibility index (Phi) is 3.99. The lowest BCUT2D eigenvalue weighted by atomic mass is 9.94. The topological polar surface area (TPSA) is 29.9 Å². The molecule has 3 heteroatoms. The second-order valence-electron chi connectivity index (χ2n) is 4.92. The summed E-state index contributed by atoms with van der Waals surface area (Å²) < 4.78 is 1.99. The van der Waals surface area contributed by atoms with Gasteiger partial charge in [0.2, 0.25) is 0 Å². The van der Waals surface area contributed by atoms with E-state index in [0.29, 0.717) is 6.04 Å². The summed E-state index contributed by atoms with van der Waals surface area (Å²) in [6.07, 6.45) is 9.94. The van der Waals surface area contributed by atoms with Gasteiger partial charge in [-0.15, -0.1) is 0 Å². The Morgan fingerprint density at radius 1 is 1.50 bits per heavy atom. The summed E-state index contributed by atoms with van der Waals surface area (Å²) in [6.45, 7) is 0. The minimum atomic E-state index is 0.692. The quantitative estimate of drug-likeness (QED) is 0.825. The molecule has 1 atom stereocenters. The molecule has 0 radical (unpaired) electrons. The fourth-order valence-electron chi connectivity index (χ4n) is 2.93. The molecule has 1 heterocycles. The first-order chi connectivity index (χ1) is 7.81. The van der Waals surface area contributed by atoms with Gasteiger partial charge in [-0.1, -0.05) is 12.8 Å². The predicted molar refractivity (Wildman–Crippen MR) is 66.3 cm³/mol. The highest BCUT2D eigenvalue weighted by molar-refractivity contribution is 5.00. The molecule has 3 nitrogen and oxygen atoms in total.